The summed E-state index contributed by atoms with van der Waals surface area (Å²) in [5.41, 5.74) is 1.12. The van der Waals surface area contributed by atoms with Crippen LogP contribution in [-0.4, -0.2) is 38.0 Å². The van der Waals surface area contributed by atoms with Gasteiger partial charge in [0.25, 0.3) is 5.91 Å². The summed E-state index contributed by atoms with van der Waals surface area (Å²) in [5, 5.41) is 5.79. The van der Waals surface area contributed by atoms with E-state index in [-0.39, 0.29) is 11.0 Å². The molecule has 0 aliphatic rings. The lowest BCUT2D eigenvalue weighted by Crippen LogP contribution is -2.34. The summed E-state index contributed by atoms with van der Waals surface area (Å²) in [6.07, 6.45) is 0. The summed E-state index contributed by atoms with van der Waals surface area (Å²) < 4.78 is 16.8. The zero-order valence-electron chi connectivity index (χ0n) is 15.1. The van der Waals surface area contributed by atoms with Crippen molar-refractivity contribution in [3.05, 3.63) is 52.5 Å². The molecule has 0 fully saturated rings. The highest BCUT2D eigenvalue weighted by Crippen LogP contribution is 2.23. The first-order valence-electron chi connectivity index (χ1n) is 8.30. The lowest BCUT2D eigenvalue weighted by molar-refractivity contribution is 0.0974. The van der Waals surface area contributed by atoms with Crippen LogP contribution in [0.4, 0.5) is 5.69 Å². The van der Waals surface area contributed by atoms with E-state index >= 15 is 0 Å². The fourth-order valence-electron chi connectivity index (χ4n) is 2.19. The molecule has 0 saturated carbocycles. The van der Waals surface area contributed by atoms with E-state index in [0.29, 0.717) is 31.1 Å². The molecular weight excluding hydrogens is 432 g/mol. The second-order valence-electron chi connectivity index (χ2n) is 5.32. The molecule has 2 rings (SSSR count). The van der Waals surface area contributed by atoms with Gasteiger partial charge in [-0.15, -0.1) is 0 Å². The molecule has 2 aromatic rings. The Labute approximate surface area is 172 Å². The Hall–Kier alpha value is -2.16. The van der Waals surface area contributed by atoms with Crippen molar-refractivity contribution in [2.45, 2.75) is 6.92 Å². The SMILES string of the molecule is CCOCCOc1ccc(NC(=S)NC(=O)c2cc(Br)ccc2OC)cc1. The van der Waals surface area contributed by atoms with Gasteiger partial charge >= 0.3 is 0 Å². The third kappa shape index (κ3) is 6.82. The molecule has 6 nitrogen and oxygen atoms in total. The number of hydrogen-bond donors (Lipinski definition) is 2. The first-order chi connectivity index (χ1) is 13.0. The van der Waals surface area contributed by atoms with E-state index in [9.17, 15) is 4.79 Å². The van der Waals surface area contributed by atoms with Crippen LogP contribution in [0.1, 0.15) is 17.3 Å². The average Bonchev–Trinajstić information content (AvgIpc) is 2.66. The molecule has 2 N–H and O–H groups in total. The van der Waals surface area contributed by atoms with E-state index in [0.717, 1.165) is 15.9 Å². The molecule has 1 amide bonds. The molecule has 0 spiro atoms. The summed E-state index contributed by atoms with van der Waals surface area (Å²) in [7, 11) is 1.51. The Morgan fingerprint density at radius 1 is 1.15 bits per heavy atom. The van der Waals surface area contributed by atoms with Gasteiger partial charge in [-0.2, -0.15) is 0 Å². The molecule has 2 aromatic carbocycles. The van der Waals surface area contributed by atoms with Gasteiger partial charge in [-0.05, 0) is 61.6 Å². The van der Waals surface area contributed by atoms with Gasteiger partial charge < -0.3 is 19.5 Å². The van der Waals surface area contributed by atoms with Gasteiger partial charge in [-0.1, -0.05) is 15.9 Å². The smallest absolute Gasteiger partial charge is 0.261 e. The van der Waals surface area contributed by atoms with Gasteiger partial charge in [0.15, 0.2) is 5.11 Å². The van der Waals surface area contributed by atoms with Crippen molar-refractivity contribution in [1.82, 2.24) is 5.32 Å². The van der Waals surface area contributed by atoms with Crippen LogP contribution < -0.4 is 20.1 Å². The Bertz CT molecular complexity index is 784. The normalized spacial score (nSPS) is 10.2. The highest BCUT2D eigenvalue weighted by atomic mass is 79.9. The van der Waals surface area contributed by atoms with Gasteiger partial charge in [0.05, 0.1) is 19.3 Å². The van der Waals surface area contributed by atoms with E-state index in [1.807, 2.05) is 31.2 Å². The minimum absolute atomic E-state index is 0.187. The van der Waals surface area contributed by atoms with Crippen molar-refractivity contribution >= 4 is 44.9 Å². The van der Waals surface area contributed by atoms with Gasteiger partial charge in [0.2, 0.25) is 0 Å². The number of thiocarbonyl (C=S) groups is 1. The average molecular weight is 453 g/mol. The van der Waals surface area contributed by atoms with E-state index in [1.54, 1.807) is 18.2 Å². The first kappa shape index (κ1) is 21.1. The van der Waals surface area contributed by atoms with Crippen LogP contribution >= 0.6 is 28.1 Å². The number of nitrogens with one attached hydrogen (secondary N) is 2. The minimum atomic E-state index is -0.360. The number of ether oxygens (including phenoxy) is 3. The number of halogens is 1. The maximum Gasteiger partial charge on any atom is 0.261 e. The Morgan fingerprint density at radius 3 is 2.56 bits per heavy atom. The maximum absolute atomic E-state index is 12.4. The molecule has 0 saturated heterocycles. The van der Waals surface area contributed by atoms with Crippen LogP contribution in [0.15, 0.2) is 46.9 Å². The Kier molecular flexibility index (Phi) is 8.50. The van der Waals surface area contributed by atoms with Gasteiger partial charge in [0.1, 0.15) is 18.1 Å². The van der Waals surface area contributed by atoms with E-state index < -0.39 is 0 Å². The van der Waals surface area contributed by atoms with Crippen LogP contribution in [0.5, 0.6) is 11.5 Å². The lowest BCUT2D eigenvalue weighted by Gasteiger charge is -2.12. The predicted octanol–water partition coefficient (Wildman–Crippen LogP) is 4.00. The zero-order valence-corrected chi connectivity index (χ0v) is 17.5. The summed E-state index contributed by atoms with van der Waals surface area (Å²) >= 11 is 8.56. The number of carbonyl (C=O) groups is 1. The number of methoxy groups -OCH3 is 1. The van der Waals surface area contributed by atoms with E-state index in [1.165, 1.54) is 7.11 Å². The van der Waals surface area contributed by atoms with Crippen LogP contribution in [0, 0.1) is 0 Å². The van der Waals surface area contributed by atoms with Crippen molar-refractivity contribution in [3.63, 3.8) is 0 Å². The number of benzene rings is 2. The largest absolute Gasteiger partial charge is 0.496 e. The highest BCUT2D eigenvalue weighted by molar-refractivity contribution is 9.10. The van der Waals surface area contributed by atoms with Crippen LogP contribution in [0.2, 0.25) is 0 Å². The Morgan fingerprint density at radius 2 is 1.89 bits per heavy atom. The number of anilines is 1. The Balaban J connectivity index is 1.90. The molecule has 8 heteroatoms. The predicted molar refractivity (Wildman–Crippen MR) is 113 cm³/mol. The van der Waals surface area contributed by atoms with Crippen LogP contribution in [-0.2, 0) is 4.74 Å². The number of hydrogen-bond acceptors (Lipinski definition) is 5. The molecule has 0 aliphatic carbocycles. The number of rotatable bonds is 8. The van der Waals surface area contributed by atoms with Crippen molar-refractivity contribution in [3.8, 4) is 11.5 Å². The molecule has 0 radical (unpaired) electrons. The third-order valence-corrected chi connectivity index (χ3v) is 4.14. The number of amides is 1. The molecule has 0 atom stereocenters. The highest BCUT2D eigenvalue weighted by Gasteiger charge is 2.14. The maximum atomic E-state index is 12.4. The summed E-state index contributed by atoms with van der Waals surface area (Å²) in [6, 6.07) is 12.4. The lowest BCUT2D eigenvalue weighted by atomic mass is 10.2. The fourth-order valence-corrected chi connectivity index (χ4v) is 2.76. The monoisotopic (exact) mass is 452 g/mol. The molecule has 0 aliphatic heterocycles. The first-order valence-corrected chi connectivity index (χ1v) is 9.50. The second-order valence-corrected chi connectivity index (χ2v) is 6.65. The minimum Gasteiger partial charge on any atom is -0.496 e. The third-order valence-electron chi connectivity index (χ3n) is 3.45. The van der Waals surface area contributed by atoms with Crippen molar-refractivity contribution in [2.75, 3.05) is 32.2 Å². The molecule has 0 bridgehead atoms. The fraction of sp³-hybridized carbons (Fsp3) is 0.263. The van der Waals surface area contributed by atoms with Gasteiger partial charge in [-0.25, -0.2) is 0 Å². The molecule has 0 heterocycles. The van der Waals surface area contributed by atoms with Crippen molar-refractivity contribution < 1.29 is 19.0 Å². The summed E-state index contributed by atoms with van der Waals surface area (Å²) in [5.74, 6) is 0.836. The molecule has 144 valence electrons. The molecule has 27 heavy (non-hydrogen) atoms. The molecule has 0 unspecified atom stereocenters. The summed E-state index contributed by atoms with van der Waals surface area (Å²) in [6.45, 7) is 3.64. The van der Waals surface area contributed by atoms with E-state index in [2.05, 4.69) is 26.6 Å². The van der Waals surface area contributed by atoms with Crippen LogP contribution in [0.25, 0.3) is 0 Å². The zero-order chi connectivity index (χ0) is 19.6. The van der Waals surface area contributed by atoms with Crippen LogP contribution in [0.3, 0.4) is 0 Å². The van der Waals surface area contributed by atoms with Gasteiger partial charge in [0, 0.05) is 16.8 Å². The van der Waals surface area contributed by atoms with Crippen molar-refractivity contribution in [1.29, 1.82) is 0 Å². The van der Waals surface area contributed by atoms with E-state index in [4.69, 9.17) is 26.4 Å². The van der Waals surface area contributed by atoms with Crippen molar-refractivity contribution in [2.24, 2.45) is 0 Å². The standard InChI is InChI=1S/C19H21BrN2O4S/c1-3-25-10-11-26-15-7-5-14(6-8-15)21-19(27)22-18(23)16-12-13(20)4-9-17(16)24-2/h4-9,12H,3,10-11H2,1-2H3,(H2,21,22,23,27). The quantitative estimate of drug-likeness (QED) is 0.465. The second kappa shape index (κ2) is 10.9. The molecule has 0 aromatic heterocycles. The topological polar surface area (TPSA) is 68.8 Å². The summed E-state index contributed by atoms with van der Waals surface area (Å²) in [4.78, 5) is 12.4. The number of carbonyl (C=O) groups excluding carboxylic acids is 1. The van der Waals surface area contributed by atoms with Gasteiger partial charge in [-0.3, -0.25) is 10.1 Å². The molecular formula is C19H21BrN2O4S.